The molecule has 0 aromatic heterocycles. The van der Waals surface area contributed by atoms with Gasteiger partial charge in [0.2, 0.25) is 5.92 Å². The van der Waals surface area contributed by atoms with Crippen LogP contribution in [0.4, 0.5) is 8.78 Å². The predicted molar refractivity (Wildman–Crippen MR) is 47.9 cm³/mol. The van der Waals surface area contributed by atoms with Crippen LogP contribution in [0, 0.1) is 11.8 Å². The minimum atomic E-state index is -2.52. The Hall–Kier alpha value is -0.180. The first-order valence-electron chi connectivity index (χ1n) is 4.72. The first kappa shape index (κ1) is 10.9. The molecule has 0 aromatic rings. The summed E-state index contributed by atoms with van der Waals surface area (Å²) < 4.78 is 30.9. The monoisotopic (exact) mass is 192 g/mol. The second-order valence-corrected chi connectivity index (χ2v) is 4.98. The first-order chi connectivity index (χ1) is 5.70. The molecule has 0 spiro atoms. The highest BCUT2D eigenvalue weighted by atomic mass is 19.3. The summed E-state index contributed by atoms with van der Waals surface area (Å²) in [6, 6.07) is 0. The van der Waals surface area contributed by atoms with Crippen LogP contribution in [0.1, 0.15) is 34.1 Å². The molecule has 2 atom stereocenters. The lowest BCUT2D eigenvalue weighted by molar-refractivity contribution is -0.0363. The largest absolute Gasteiger partial charge is 0.376 e. The van der Waals surface area contributed by atoms with E-state index >= 15 is 0 Å². The maximum absolute atomic E-state index is 12.7. The molecule has 1 saturated carbocycles. The van der Waals surface area contributed by atoms with Crippen LogP contribution < -0.4 is 0 Å². The molecule has 1 fully saturated rings. The second kappa shape index (κ2) is 3.19. The molecular formula is C10H18F2O. The Morgan fingerprint density at radius 2 is 1.77 bits per heavy atom. The van der Waals surface area contributed by atoms with Crippen LogP contribution in [0.3, 0.4) is 0 Å². The van der Waals surface area contributed by atoms with Crippen LogP contribution in [0.25, 0.3) is 0 Å². The predicted octanol–water partition coefficient (Wildman–Crippen LogP) is 3.09. The Balaban J connectivity index is 2.22. The third-order valence-electron chi connectivity index (χ3n) is 2.30. The third-order valence-corrected chi connectivity index (χ3v) is 2.30. The summed E-state index contributed by atoms with van der Waals surface area (Å²) in [5.41, 5.74) is -0.212. The molecule has 0 amide bonds. The molecule has 0 N–H and O–H groups in total. The summed E-state index contributed by atoms with van der Waals surface area (Å²) in [6.07, 6.45) is 0.611. The highest BCUT2D eigenvalue weighted by Crippen LogP contribution is 2.49. The quantitative estimate of drug-likeness (QED) is 0.667. The van der Waals surface area contributed by atoms with Gasteiger partial charge in [0, 0.05) is 5.92 Å². The van der Waals surface area contributed by atoms with Crippen LogP contribution in [0.5, 0.6) is 0 Å². The van der Waals surface area contributed by atoms with Gasteiger partial charge in [-0.3, -0.25) is 0 Å². The standard InChI is InChI=1S/C10H18F2O/c1-9(2,3)13-6-7-5-8(7)10(4,11)12/h7-8H,5-6H2,1-4H3. The number of rotatable bonds is 3. The average molecular weight is 192 g/mol. The van der Waals surface area contributed by atoms with Gasteiger partial charge in [-0.05, 0) is 40.0 Å². The van der Waals surface area contributed by atoms with Gasteiger partial charge in [0.15, 0.2) is 0 Å². The van der Waals surface area contributed by atoms with Crippen LogP contribution in [0.15, 0.2) is 0 Å². The van der Waals surface area contributed by atoms with E-state index < -0.39 is 11.8 Å². The minimum absolute atomic E-state index is 0.0687. The maximum Gasteiger partial charge on any atom is 0.248 e. The van der Waals surface area contributed by atoms with E-state index in [2.05, 4.69) is 0 Å². The summed E-state index contributed by atoms with van der Waals surface area (Å²) in [4.78, 5) is 0. The maximum atomic E-state index is 12.7. The van der Waals surface area contributed by atoms with Crippen molar-refractivity contribution >= 4 is 0 Å². The molecule has 1 rings (SSSR count). The molecule has 0 aliphatic heterocycles. The molecule has 78 valence electrons. The van der Waals surface area contributed by atoms with E-state index in [-0.39, 0.29) is 11.5 Å². The first-order valence-corrected chi connectivity index (χ1v) is 4.72. The molecule has 0 heterocycles. The molecule has 1 aliphatic carbocycles. The van der Waals surface area contributed by atoms with E-state index in [0.29, 0.717) is 13.0 Å². The van der Waals surface area contributed by atoms with Gasteiger partial charge in [-0.15, -0.1) is 0 Å². The summed E-state index contributed by atoms with van der Waals surface area (Å²) in [5, 5.41) is 0. The minimum Gasteiger partial charge on any atom is -0.376 e. The zero-order valence-corrected chi connectivity index (χ0v) is 8.73. The van der Waals surface area contributed by atoms with Crippen molar-refractivity contribution in [3.8, 4) is 0 Å². The van der Waals surface area contributed by atoms with Gasteiger partial charge in [-0.2, -0.15) is 0 Å². The zero-order chi connectivity index (χ0) is 10.3. The van der Waals surface area contributed by atoms with Gasteiger partial charge in [0.1, 0.15) is 0 Å². The fourth-order valence-electron chi connectivity index (χ4n) is 1.41. The highest BCUT2D eigenvalue weighted by Gasteiger charge is 2.51. The van der Waals surface area contributed by atoms with Crippen LogP contribution in [-0.4, -0.2) is 18.1 Å². The van der Waals surface area contributed by atoms with Crippen LogP contribution >= 0.6 is 0 Å². The molecule has 0 aromatic carbocycles. The van der Waals surface area contributed by atoms with Crippen molar-refractivity contribution in [2.24, 2.45) is 11.8 Å². The normalized spacial score (nSPS) is 29.1. The Kier molecular flexibility index (Phi) is 2.68. The molecule has 13 heavy (non-hydrogen) atoms. The van der Waals surface area contributed by atoms with Gasteiger partial charge < -0.3 is 4.74 Å². The van der Waals surface area contributed by atoms with Gasteiger partial charge in [-0.1, -0.05) is 0 Å². The number of halogens is 2. The molecule has 0 radical (unpaired) electrons. The fourth-order valence-corrected chi connectivity index (χ4v) is 1.41. The SMILES string of the molecule is CC(C)(C)OCC1CC1C(C)(F)F. The molecular weight excluding hydrogens is 174 g/mol. The van der Waals surface area contributed by atoms with Crippen molar-refractivity contribution in [2.75, 3.05) is 6.61 Å². The lowest BCUT2D eigenvalue weighted by Crippen LogP contribution is -2.22. The van der Waals surface area contributed by atoms with Crippen molar-refractivity contribution < 1.29 is 13.5 Å². The van der Waals surface area contributed by atoms with Crippen molar-refractivity contribution in [1.82, 2.24) is 0 Å². The lowest BCUT2D eigenvalue weighted by Gasteiger charge is -2.19. The average Bonchev–Trinajstić information content (AvgIpc) is 2.57. The van der Waals surface area contributed by atoms with E-state index in [4.69, 9.17) is 4.74 Å². The van der Waals surface area contributed by atoms with E-state index in [1.807, 2.05) is 20.8 Å². The topological polar surface area (TPSA) is 9.23 Å². The Morgan fingerprint density at radius 3 is 2.08 bits per heavy atom. The van der Waals surface area contributed by atoms with E-state index in [0.717, 1.165) is 6.92 Å². The molecule has 1 aliphatic rings. The number of hydrogen-bond acceptors (Lipinski definition) is 1. The molecule has 2 unspecified atom stereocenters. The van der Waals surface area contributed by atoms with Crippen molar-refractivity contribution in [1.29, 1.82) is 0 Å². The van der Waals surface area contributed by atoms with E-state index in [1.54, 1.807) is 0 Å². The number of ether oxygens (including phenoxy) is 1. The fraction of sp³-hybridized carbons (Fsp3) is 1.00. The second-order valence-electron chi connectivity index (χ2n) is 4.98. The number of hydrogen-bond donors (Lipinski definition) is 0. The molecule has 0 bridgehead atoms. The van der Waals surface area contributed by atoms with Crippen molar-refractivity contribution in [3.05, 3.63) is 0 Å². The van der Waals surface area contributed by atoms with E-state index in [1.165, 1.54) is 0 Å². The Labute approximate surface area is 78.5 Å². The van der Waals surface area contributed by atoms with E-state index in [9.17, 15) is 8.78 Å². The Bertz CT molecular complexity index is 178. The van der Waals surface area contributed by atoms with Crippen LogP contribution in [0.2, 0.25) is 0 Å². The summed E-state index contributed by atoms with van der Waals surface area (Å²) in [5.74, 6) is -2.90. The summed E-state index contributed by atoms with van der Waals surface area (Å²) in [6.45, 7) is 7.28. The smallest absolute Gasteiger partial charge is 0.248 e. The van der Waals surface area contributed by atoms with Gasteiger partial charge in [0.25, 0.3) is 0 Å². The van der Waals surface area contributed by atoms with Crippen molar-refractivity contribution in [3.63, 3.8) is 0 Å². The van der Waals surface area contributed by atoms with Gasteiger partial charge in [-0.25, -0.2) is 8.78 Å². The Morgan fingerprint density at radius 1 is 1.23 bits per heavy atom. The molecule has 0 saturated heterocycles. The zero-order valence-electron chi connectivity index (χ0n) is 8.73. The highest BCUT2D eigenvalue weighted by molar-refractivity contribution is 4.94. The van der Waals surface area contributed by atoms with Gasteiger partial charge >= 0.3 is 0 Å². The number of alkyl halides is 2. The summed E-state index contributed by atoms with van der Waals surface area (Å²) in [7, 11) is 0. The van der Waals surface area contributed by atoms with Crippen LogP contribution in [-0.2, 0) is 4.74 Å². The van der Waals surface area contributed by atoms with Gasteiger partial charge in [0.05, 0.1) is 12.2 Å². The lowest BCUT2D eigenvalue weighted by atomic mass is 10.2. The molecule has 3 heteroatoms. The molecule has 1 nitrogen and oxygen atoms in total. The summed E-state index contributed by atoms with van der Waals surface area (Å²) >= 11 is 0. The third kappa shape index (κ3) is 3.59. The van der Waals surface area contributed by atoms with Crippen molar-refractivity contribution in [2.45, 2.75) is 45.6 Å².